The standard InChI is InChI=1S/C17H28BrNO/c1-6-14(7-2)19(11-12(3)4)15-8-9-16(13(5)20)17(18)10-15/h8-10,12-14,20H,6-7,11H2,1-5H3/t13-/m0/s1. The lowest BCUT2D eigenvalue weighted by Crippen LogP contribution is -2.37. The summed E-state index contributed by atoms with van der Waals surface area (Å²) in [6, 6.07) is 6.87. The molecule has 2 nitrogen and oxygen atoms in total. The van der Waals surface area contributed by atoms with Crippen molar-refractivity contribution in [3.63, 3.8) is 0 Å². The van der Waals surface area contributed by atoms with Crippen molar-refractivity contribution in [1.29, 1.82) is 0 Å². The van der Waals surface area contributed by atoms with Gasteiger partial charge in [0.15, 0.2) is 0 Å². The molecule has 1 N–H and O–H groups in total. The lowest BCUT2D eigenvalue weighted by molar-refractivity contribution is 0.198. The average molecular weight is 342 g/mol. The summed E-state index contributed by atoms with van der Waals surface area (Å²) in [7, 11) is 0. The molecule has 3 heteroatoms. The number of hydrogen-bond acceptors (Lipinski definition) is 2. The Bertz CT molecular complexity index is 413. The number of benzene rings is 1. The van der Waals surface area contributed by atoms with Gasteiger partial charge in [0.2, 0.25) is 0 Å². The number of aliphatic hydroxyl groups excluding tert-OH is 1. The second kappa shape index (κ2) is 8.04. The van der Waals surface area contributed by atoms with E-state index in [4.69, 9.17) is 0 Å². The predicted octanol–water partition coefficient (Wildman–Crippen LogP) is 5.15. The van der Waals surface area contributed by atoms with Crippen LogP contribution in [0.5, 0.6) is 0 Å². The SMILES string of the molecule is CCC(CC)N(CC(C)C)c1ccc([C@H](C)O)c(Br)c1. The van der Waals surface area contributed by atoms with Gasteiger partial charge in [-0.25, -0.2) is 0 Å². The van der Waals surface area contributed by atoms with Gasteiger partial charge in [-0.3, -0.25) is 0 Å². The smallest absolute Gasteiger partial charge is 0.0772 e. The molecule has 0 amide bonds. The van der Waals surface area contributed by atoms with Gasteiger partial charge in [0.1, 0.15) is 0 Å². The minimum Gasteiger partial charge on any atom is -0.389 e. The van der Waals surface area contributed by atoms with Crippen LogP contribution in [-0.4, -0.2) is 17.7 Å². The number of aliphatic hydroxyl groups is 1. The van der Waals surface area contributed by atoms with Crippen molar-refractivity contribution in [1.82, 2.24) is 0 Å². The summed E-state index contributed by atoms with van der Waals surface area (Å²) < 4.78 is 0.990. The number of halogens is 1. The van der Waals surface area contributed by atoms with E-state index in [-0.39, 0.29) is 0 Å². The van der Waals surface area contributed by atoms with Crippen LogP contribution in [0.2, 0.25) is 0 Å². The van der Waals surface area contributed by atoms with Crippen LogP contribution in [0.25, 0.3) is 0 Å². The Labute approximate surface area is 132 Å². The fraction of sp³-hybridized carbons (Fsp3) is 0.647. The van der Waals surface area contributed by atoms with E-state index in [0.29, 0.717) is 12.0 Å². The van der Waals surface area contributed by atoms with Gasteiger partial charge in [0.25, 0.3) is 0 Å². The molecule has 0 saturated heterocycles. The third-order valence-electron chi connectivity index (χ3n) is 3.71. The maximum Gasteiger partial charge on any atom is 0.0772 e. The molecule has 0 aliphatic rings. The summed E-state index contributed by atoms with van der Waals surface area (Å²) in [6.07, 6.45) is 1.86. The summed E-state index contributed by atoms with van der Waals surface area (Å²) in [5.41, 5.74) is 2.19. The monoisotopic (exact) mass is 341 g/mol. The highest BCUT2D eigenvalue weighted by Crippen LogP contribution is 2.30. The van der Waals surface area contributed by atoms with Crippen LogP contribution in [0, 0.1) is 5.92 Å². The predicted molar refractivity (Wildman–Crippen MR) is 91.3 cm³/mol. The molecular weight excluding hydrogens is 314 g/mol. The molecule has 0 radical (unpaired) electrons. The zero-order chi connectivity index (χ0) is 15.3. The van der Waals surface area contributed by atoms with E-state index in [1.165, 1.54) is 5.69 Å². The number of nitrogens with zero attached hydrogens (tertiary/aromatic N) is 1. The third-order valence-corrected chi connectivity index (χ3v) is 4.40. The Balaban J connectivity index is 3.10. The molecule has 0 bridgehead atoms. The highest BCUT2D eigenvalue weighted by atomic mass is 79.9. The number of anilines is 1. The first-order valence-electron chi connectivity index (χ1n) is 7.64. The first-order chi connectivity index (χ1) is 9.40. The van der Waals surface area contributed by atoms with Gasteiger partial charge in [-0.1, -0.05) is 49.7 Å². The van der Waals surface area contributed by atoms with Crippen molar-refractivity contribution in [2.75, 3.05) is 11.4 Å². The maximum absolute atomic E-state index is 9.74. The second-order valence-electron chi connectivity index (χ2n) is 5.90. The van der Waals surface area contributed by atoms with Crippen LogP contribution in [0.3, 0.4) is 0 Å². The summed E-state index contributed by atoms with van der Waals surface area (Å²) in [5.74, 6) is 0.630. The molecule has 0 spiro atoms. The molecular formula is C17H28BrNO. The van der Waals surface area contributed by atoms with Crippen LogP contribution in [0.1, 0.15) is 59.1 Å². The van der Waals surface area contributed by atoms with Crippen LogP contribution in [0.15, 0.2) is 22.7 Å². The van der Waals surface area contributed by atoms with Gasteiger partial charge in [-0.2, -0.15) is 0 Å². The van der Waals surface area contributed by atoms with E-state index in [9.17, 15) is 5.11 Å². The molecule has 0 aromatic heterocycles. The van der Waals surface area contributed by atoms with Crippen LogP contribution in [-0.2, 0) is 0 Å². The van der Waals surface area contributed by atoms with E-state index >= 15 is 0 Å². The zero-order valence-electron chi connectivity index (χ0n) is 13.4. The summed E-state index contributed by atoms with van der Waals surface area (Å²) in [4.78, 5) is 2.50. The van der Waals surface area contributed by atoms with E-state index in [1.807, 2.05) is 6.07 Å². The minimum absolute atomic E-state index is 0.440. The molecule has 0 aliphatic heterocycles. The van der Waals surface area contributed by atoms with Crippen molar-refractivity contribution in [2.45, 2.75) is 59.6 Å². The lowest BCUT2D eigenvalue weighted by atomic mass is 10.0. The molecule has 0 fully saturated rings. The van der Waals surface area contributed by atoms with Gasteiger partial charge in [0.05, 0.1) is 6.10 Å². The first-order valence-corrected chi connectivity index (χ1v) is 8.44. The van der Waals surface area contributed by atoms with E-state index in [2.05, 4.69) is 60.7 Å². The van der Waals surface area contributed by atoms with E-state index < -0.39 is 6.10 Å². The zero-order valence-corrected chi connectivity index (χ0v) is 14.9. The molecule has 114 valence electrons. The Hall–Kier alpha value is -0.540. The van der Waals surface area contributed by atoms with Crippen molar-refractivity contribution in [3.8, 4) is 0 Å². The Morgan fingerprint density at radius 3 is 2.15 bits per heavy atom. The topological polar surface area (TPSA) is 23.5 Å². The molecule has 1 aromatic rings. The third kappa shape index (κ3) is 4.49. The molecule has 0 unspecified atom stereocenters. The summed E-state index contributed by atoms with van der Waals surface area (Å²) in [6.45, 7) is 11.9. The maximum atomic E-state index is 9.74. The average Bonchev–Trinajstić information content (AvgIpc) is 2.37. The van der Waals surface area contributed by atoms with Crippen molar-refractivity contribution < 1.29 is 5.11 Å². The molecule has 1 rings (SSSR count). The summed E-state index contributed by atoms with van der Waals surface area (Å²) in [5, 5.41) is 9.74. The normalized spacial score (nSPS) is 13.1. The second-order valence-corrected chi connectivity index (χ2v) is 6.75. The highest BCUT2D eigenvalue weighted by molar-refractivity contribution is 9.10. The Morgan fingerprint density at radius 1 is 1.15 bits per heavy atom. The molecule has 0 saturated carbocycles. The number of hydrogen-bond donors (Lipinski definition) is 1. The molecule has 0 heterocycles. The molecule has 0 aliphatic carbocycles. The molecule has 1 atom stereocenters. The molecule has 1 aromatic carbocycles. The fourth-order valence-electron chi connectivity index (χ4n) is 2.62. The fourth-order valence-corrected chi connectivity index (χ4v) is 3.32. The van der Waals surface area contributed by atoms with Crippen LogP contribution >= 0.6 is 15.9 Å². The van der Waals surface area contributed by atoms with Gasteiger partial charge >= 0.3 is 0 Å². The van der Waals surface area contributed by atoms with Crippen molar-refractivity contribution >= 4 is 21.6 Å². The largest absolute Gasteiger partial charge is 0.389 e. The van der Waals surface area contributed by atoms with Gasteiger partial charge in [0, 0.05) is 22.7 Å². The first kappa shape index (κ1) is 17.5. The Morgan fingerprint density at radius 2 is 1.75 bits per heavy atom. The van der Waals surface area contributed by atoms with Crippen molar-refractivity contribution in [3.05, 3.63) is 28.2 Å². The lowest BCUT2D eigenvalue weighted by Gasteiger charge is -2.34. The Kier molecular flexibility index (Phi) is 7.04. The van der Waals surface area contributed by atoms with E-state index in [1.54, 1.807) is 6.92 Å². The van der Waals surface area contributed by atoms with Gasteiger partial charge < -0.3 is 10.0 Å². The van der Waals surface area contributed by atoms with Gasteiger partial charge in [-0.15, -0.1) is 0 Å². The quantitative estimate of drug-likeness (QED) is 0.740. The summed E-state index contributed by atoms with van der Waals surface area (Å²) >= 11 is 3.59. The number of rotatable bonds is 7. The van der Waals surface area contributed by atoms with Crippen LogP contribution in [0.4, 0.5) is 5.69 Å². The van der Waals surface area contributed by atoms with E-state index in [0.717, 1.165) is 29.4 Å². The van der Waals surface area contributed by atoms with Crippen LogP contribution < -0.4 is 4.90 Å². The minimum atomic E-state index is -0.440. The van der Waals surface area contributed by atoms with Crippen molar-refractivity contribution in [2.24, 2.45) is 5.92 Å². The highest BCUT2D eigenvalue weighted by Gasteiger charge is 2.18. The van der Waals surface area contributed by atoms with Gasteiger partial charge in [-0.05, 0) is 43.4 Å². The molecule has 20 heavy (non-hydrogen) atoms.